The first-order valence-corrected chi connectivity index (χ1v) is 11.0. The van der Waals surface area contributed by atoms with Crippen molar-refractivity contribution in [2.45, 2.75) is 47.6 Å². The molecule has 3 aromatic rings. The van der Waals surface area contributed by atoms with Crippen LogP contribution in [0.5, 0.6) is 0 Å². The molecule has 2 aromatic carbocycles. The van der Waals surface area contributed by atoms with Gasteiger partial charge in [0.15, 0.2) is 0 Å². The molecule has 164 valence electrons. The molecule has 2 N–H and O–H groups in total. The summed E-state index contributed by atoms with van der Waals surface area (Å²) in [5, 5.41) is 6.94. The average Bonchev–Trinajstić information content (AvgIpc) is 3.03. The second-order valence-electron chi connectivity index (χ2n) is 9.13. The van der Waals surface area contributed by atoms with Gasteiger partial charge in [-0.25, -0.2) is 0 Å². The van der Waals surface area contributed by atoms with E-state index in [2.05, 4.69) is 54.2 Å². The Labute approximate surface area is 184 Å². The molecular formula is C26H33N3O2. The second-order valence-corrected chi connectivity index (χ2v) is 9.13. The van der Waals surface area contributed by atoms with Crippen molar-refractivity contribution in [3.63, 3.8) is 0 Å². The molecule has 0 atom stereocenters. The number of aryl methyl sites for hydroxylation is 1. The van der Waals surface area contributed by atoms with E-state index in [1.54, 1.807) is 0 Å². The van der Waals surface area contributed by atoms with Crippen molar-refractivity contribution in [1.29, 1.82) is 0 Å². The molecule has 5 nitrogen and oxygen atoms in total. The van der Waals surface area contributed by atoms with Gasteiger partial charge in [-0.3, -0.25) is 9.59 Å². The quantitative estimate of drug-likeness (QED) is 0.516. The number of anilines is 1. The van der Waals surface area contributed by atoms with E-state index >= 15 is 0 Å². The minimum atomic E-state index is -0.0806. The smallest absolute Gasteiger partial charge is 0.267 e. The predicted molar refractivity (Wildman–Crippen MR) is 127 cm³/mol. The van der Waals surface area contributed by atoms with Crippen molar-refractivity contribution >= 4 is 28.4 Å². The van der Waals surface area contributed by atoms with Crippen LogP contribution in [0, 0.1) is 18.8 Å². The molecule has 0 aliphatic heterocycles. The maximum Gasteiger partial charge on any atom is 0.267 e. The van der Waals surface area contributed by atoms with Crippen LogP contribution in [0.3, 0.4) is 0 Å². The summed E-state index contributed by atoms with van der Waals surface area (Å²) in [6.07, 6.45) is 0.481. The van der Waals surface area contributed by atoms with Crippen LogP contribution in [0.1, 0.15) is 55.7 Å². The minimum Gasteiger partial charge on any atom is -0.351 e. The number of hydrogen-bond acceptors (Lipinski definition) is 2. The fourth-order valence-corrected chi connectivity index (χ4v) is 3.67. The summed E-state index contributed by atoms with van der Waals surface area (Å²) < 4.78 is 2.06. The lowest BCUT2D eigenvalue weighted by Crippen LogP contribution is -2.29. The molecule has 3 rings (SSSR count). The standard InChI is InChI=1S/C26H33N3O2/c1-17(2)11-25(30)28-22-9-10-23-21(13-22)14-24(26(31)27-15-18(3)4)29(23)16-20-8-6-7-19(5)12-20/h6-10,12-14,17-18H,11,15-16H2,1-5H3,(H,27,31)(H,28,30). The summed E-state index contributed by atoms with van der Waals surface area (Å²) >= 11 is 0. The SMILES string of the molecule is Cc1cccc(Cn2c(C(=O)NCC(C)C)cc3cc(NC(=O)CC(C)C)ccc32)c1. The zero-order valence-corrected chi connectivity index (χ0v) is 19.2. The first kappa shape index (κ1) is 22.6. The van der Waals surface area contributed by atoms with Crippen molar-refractivity contribution in [2.24, 2.45) is 11.8 Å². The molecule has 5 heteroatoms. The summed E-state index contributed by atoms with van der Waals surface area (Å²) in [5.41, 5.74) is 4.68. The van der Waals surface area contributed by atoms with Crippen molar-refractivity contribution < 1.29 is 9.59 Å². The lowest BCUT2D eigenvalue weighted by molar-refractivity contribution is -0.116. The van der Waals surface area contributed by atoms with E-state index in [1.807, 2.05) is 44.2 Å². The van der Waals surface area contributed by atoms with Crippen molar-refractivity contribution in [2.75, 3.05) is 11.9 Å². The number of benzene rings is 2. The number of aromatic nitrogens is 1. The topological polar surface area (TPSA) is 63.1 Å². The Morgan fingerprint density at radius 2 is 1.74 bits per heavy atom. The van der Waals surface area contributed by atoms with Gasteiger partial charge in [-0.1, -0.05) is 57.5 Å². The van der Waals surface area contributed by atoms with Gasteiger partial charge < -0.3 is 15.2 Å². The molecule has 1 heterocycles. The van der Waals surface area contributed by atoms with E-state index in [1.165, 1.54) is 5.56 Å². The zero-order chi connectivity index (χ0) is 22.5. The molecule has 0 bridgehead atoms. The summed E-state index contributed by atoms with van der Waals surface area (Å²) in [5.74, 6) is 0.600. The van der Waals surface area contributed by atoms with Crippen molar-refractivity contribution in [3.8, 4) is 0 Å². The Morgan fingerprint density at radius 3 is 2.42 bits per heavy atom. The maximum atomic E-state index is 13.0. The van der Waals surface area contributed by atoms with Gasteiger partial charge in [0.25, 0.3) is 5.91 Å². The van der Waals surface area contributed by atoms with Crippen LogP contribution >= 0.6 is 0 Å². The Morgan fingerprint density at radius 1 is 0.968 bits per heavy atom. The van der Waals surface area contributed by atoms with Gasteiger partial charge in [-0.05, 0) is 48.6 Å². The van der Waals surface area contributed by atoms with Crippen LogP contribution in [0.15, 0.2) is 48.5 Å². The number of nitrogens with zero attached hydrogens (tertiary/aromatic N) is 1. The Hall–Kier alpha value is -3.08. The summed E-state index contributed by atoms with van der Waals surface area (Å²) in [7, 11) is 0. The average molecular weight is 420 g/mol. The third kappa shape index (κ3) is 5.97. The number of amides is 2. The number of carbonyl (C=O) groups is 2. The van der Waals surface area contributed by atoms with Gasteiger partial charge in [0.1, 0.15) is 5.69 Å². The highest BCUT2D eigenvalue weighted by atomic mass is 16.2. The van der Waals surface area contributed by atoms with Crippen LogP contribution < -0.4 is 10.6 Å². The molecule has 31 heavy (non-hydrogen) atoms. The van der Waals surface area contributed by atoms with Crippen molar-refractivity contribution in [1.82, 2.24) is 9.88 Å². The third-order valence-electron chi connectivity index (χ3n) is 5.11. The third-order valence-corrected chi connectivity index (χ3v) is 5.11. The Kier molecular flexibility index (Phi) is 7.16. The van der Waals surface area contributed by atoms with E-state index in [0.29, 0.717) is 37.0 Å². The fourth-order valence-electron chi connectivity index (χ4n) is 3.67. The normalized spacial score (nSPS) is 11.3. The van der Waals surface area contributed by atoms with Gasteiger partial charge in [-0.2, -0.15) is 0 Å². The van der Waals surface area contributed by atoms with Crippen LogP contribution in [0.25, 0.3) is 10.9 Å². The second kappa shape index (κ2) is 9.82. The van der Waals surface area contributed by atoms with E-state index < -0.39 is 0 Å². The van der Waals surface area contributed by atoms with E-state index in [9.17, 15) is 9.59 Å². The fraction of sp³-hybridized carbons (Fsp3) is 0.385. The number of rotatable bonds is 8. The Bertz CT molecular complexity index is 1080. The minimum absolute atomic E-state index is 0.00319. The van der Waals surface area contributed by atoms with Gasteiger partial charge >= 0.3 is 0 Å². The van der Waals surface area contributed by atoms with E-state index in [-0.39, 0.29) is 11.8 Å². The van der Waals surface area contributed by atoms with Crippen LogP contribution in [-0.4, -0.2) is 22.9 Å². The lowest BCUT2D eigenvalue weighted by Gasteiger charge is -2.13. The molecule has 0 aliphatic carbocycles. The van der Waals surface area contributed by atoms with Gasteiger partial charge in [0.05, 0.1) is 0 Å². The number of nitrogens with one attached hydrogen (secondary N) is 2. The molecule has 0 fully saturated rings. The van der Waals surface area contributed by atoms with Crippen LogP contribution in [0.2, 0.25) is 0 Å². The molecule has 0 saturated carbocycles. The zero-order valence-electron chi connectivity index (χ0n) is 19.2. The van der Waals surface area contributed by atoms with Gasteiger partial charge in [0, 0.05) is 36.1 Å². The molecule has 0 spiro atoms. The first-order valence-electron chi connectivity index (χ1n) is 11.0. The molecule has 2 amide bonds. The highest BCUT2D eigenvalue weighted by Crippen LogP contribution is 2.25. The van der Waals surface area contributed by atoms with E-state index in [4.69, 9.17) is 0 Å². The lowest BCUT2D eigenvalue weighted by atomic mass is 10.1. The Balaban J connectivity index is 1.97. The monoisotopic (exact) mass is 419 g/mol. The summed E-state index contributed by atoms with van der Waals surface area (Å²) in [6.45, 7) is 11.5. The maximum absolute atomic E-state index is 13.0. The van der Waals surface area contributed by atoms with Crippen molar-refractivity contribution in [3.05, 3.63) is 65.4 Å². The molecule has 0 radical (unpaired) electrons. The van der Waals surface area contributed by atoms with Crippen LogP contribution in [0.4, 0.5) is 5.69 Å². The highest BCUT2D eigenvalue weighted by Gasteiger charge is 2.17. The number of fused-ring (bicyclic) bond motifs is 1. The number of hydrogen-bond donors (Lipinski definition) is 2. The molecular weight excluding hydrogens is 386 g/mol. The first-order chi connectivity index (χ1) is 14.7. The van der Waals surface area contributed by atoms with Crippen LogP contribution in [-0.2, 0) is 11.3 Å². The van der Waals surface area contributed by atoms with Gasteiger partial charge in [-0.15, -0.1) is 0 Å². The number of carbonyl (C=O) groups excluding carboxylic acids is 2. The summed E-state index contributed by atoms with van der Waals surface area (Å²) in [6, 6.07) is 16.1. The molecule has 0 aliphatic rings. The molecule has 1 aromatic heterocycles. The molecule has 0 saturated heterocycles. The predicted octanol–water partition coefficient (Wildman–Crippen LogP) is 5.37. The highest BCUT2D eigenvalue weighted by molar-refractivity contribution is 6.00. The van der Waals surface area contributed by atoms with Gasteiger partial charge in [0.2, 0.25) is 5.91 Å². The summed E-state index contributed by atoms with van der Waals surface area (Å²) in [4.78, 5) is 25.2. The molecule has 0 unspecified atom stereocenters. The van der Waals surface area contributed by atoms with E-state index in [0.717, 1.165) is 22.2 Å². The largest absolute Gasteiger partial charge is 0.351 e.